The summed E-state index contributed by atoms with van der Waals surface area (Å²) in [5.74, 6) is 0.394. The third-order valence-electron chi connectivity index (χ3n) is 3.27. The first-order chi connectivity index (χ1) is 9.56. The van der Waals surface area contributed by atoms with Crippen molar-refractivity contribution >= 4 is 0 Å². The van der Waals surface area contributed by atoms with Gasteiger partial charge in [-0.1, -0.05) is 6.92 Å². The third kappa shape index (κ3) is 2.82. The third-order valence-corrected chi connectivity index (χ3v) is 3.27. The summed E-state index contributed by atoms with van der Waals surface area (Å²) in [6, 6.07) is 4.43. The summed E-state index contributed by atoms with van der Waals surface area (Å²) in [5, 5.41) is 7.73. The van der Waals surface area contributed by atoms with Gasteiger partial charge in [0.1, 0.15) is 11.6 Å². The van der Waals surface area contributed by atoms with Crippen molar-refractivity contribution in [2.75, 3.05) is 13.7 Å². The van der Waals surface area contributed by atoms with Gasteiger partial charge >= 0.3 is 0 Å². The van der Waals surface area contributed by atoms with Crippen molar-refractivity contribution in [3.8, 4) is 5.75 Å². The molecule has 0 aliphatic carbocycles. The summed E-state index contributed by atoms with van der Waals surface area (Å²) < 4.78 is 20.7. The molecule has 108 valence electrons. The molecule has 0 spiro atoms. The van der Waals surface area contributed by atoms with E-state index in [2.05, 4.69) is 10.4 Å². The maximum atomic E-state index is 13.6. The zero-order chi connectivity index (χ0) is 14.7. The standard InChI is InChI=1S/C15H20FN3O/c1-5-17-15(13-9-19(3)18-10(13)2)12-8-11(16)6-7-14(12)20-4/h6-9,15,17H,5H2,1-4H3. The van der Waals surface area contributed by atoms with Crippen molar-refractivity contribution in [1.82, 2.24) is 15.1 Å². The number of hydrogen-bond acceptors (Lipinski definition) is 3. The van der Waals surface area contributed by atoms with Crippen LogP contribution in [0.15, 0.2) is 24.4 Å². The number of ether oxygens (including phenoxy) is 1. The molecule has 0 amide bonds. The lowest BCUT2D eigenvalue weighted by molar-refractivity contribution is 0.402. The molecular formula is C15H20FN3O. The van der Waals surface area contributed by atoms with E-state index in [0.29, 0.717) is 5.75 Å². The Morgan fingerprint density at radius 1 is 1.40 bits per heavy atom. The van der Waals surface area contributed by atoms with Crippen molar-refractivity contribution in [2.24, 2.45) is 7.05 Å². The molecule has 0 aliphatic rings. The molecule has 4 nitrogen and oxygen atoms in total. The first-order valence-electron chi connectivity index (χ1n) is 6.63. The van der Waals surface area contributed by atoms with E-state index in [0.717, 1.165) is 23.4 Å². The minimum Gasteiger partial charge on any atom is -0.496 e. The lowest BCUT2D eigenvalue weighted by Crippen LogP contribution is -2.23. The molecule has 1 unspecified atom stereocenters. The molecule has 0 fully saturated rings. The highest BCUT2D eigenvalue weighted by molar-refractivity contribution is 5.42. The van der Waals surface area contributed by atoms with Crippen LogP contribution >= 0.6 is 0 Å². The molecule has 20 heavy (non-hydrogen) atoms. The number of methoxy groups -OCH3 is 1. The fourth-order valence-corrected chi connectivity index (χ4v) is 2.42. The molecule has 5 heteroatoms. The lowest BCUT2D eigenvalue weighted by atomic mass is 9.98. The largest absolute Gasteiger partial charge is 0.496 e. The van der Waals surface area contributed by atoms with Crippen molar-refractivity contribution in [1.29, 1.82) is 0 Å². The first-order valence-corrected chi connectivity index (χ1v) is 6.63. The van der Waals surface area contributed by atoms with E-state index in [-0.39, 0.29) is 11.9 Å². The minimum atomic E-state index is -0.273. The molecule has 0 saturated heterocycles. The molecule has 0 bridgehead atoms. The van der Waals surface area contributed by atoms with Gasteiger partial charge in [-0.05, 0) is 31.7 Å². The fraction of sp³-hybridized carbons (Fsp3) is 0.400. The quantitative estimate of drug-likeness (QED) is 0.913. The van der Waals surface area contributed by atoms with Gasteiger partial charge in [-0.3, -0.25) is 4.68 Å². The first kappa shape index (κ1) is 14.5. The summed E-state index contributed by atoms with van der Waals surface area (Å²) in [6.45, 7) is 4.73. The monoisotopic (exact) mass is 277 g/mol. The molecule has 1 N–H and O–H groups in total. The van der Waals surface area contributed by atoms with Gasteiger partial charge in [0.25, 0.3) is 0 Å². The van der Waals surface area contributed by atoms with Crippen molar-refractivity contribution in [3.63, 3.8) is 0 Å². The zero-order valence-corrected chi connectivity index (χ0v) is 12.3. The van der Waals surface area contributed by atoms with Gasteiger partial charge < -0.3 is 10.1 Å². The number of aromatic nitrogens is 2. The minimum absolute atomic E-state index is 0.139. The van der Waals surface area contributed by atoms with E-state index in [1.165, 1.54) is 12.1 Å². The predicted octanol–water partition coefficient (Wildman–Crippen LogP) is 2.58. The Balaban J connectivity index is 2.53. The van der Waals surface area contributed by atoms with E-state index in [4.69, 9.17) is 4.74 Å². The fourth-order valence-electron chi connectivity index (χ4n) is 2.42. The van der Waals surface area contributed by atoms with Crippen LogP contribution in [0, 0.1) is 12.7 Å². The molecule has 1 aromatic carbocycles. The molecule has 0 saturated carbocycles. The summed E-state index contributed by atoms with van der Waals surface area (Å²) in [7, 11) is 3.47. The second kappa shape index (κ2) is 6.05. The maximum absolute atomic E-state index is 13.6. The topological polar surface area (TPSA) is 39.1 Å². The van der Waals surface area contributed by atoms with Gasteiger partial charge in [-0.15, -0.1) is 0 Å². The Morgan fingerprint density at radius 2 is 2.15 bits per heavy atom. The van der Waals surface area contributed by atoms with Gasteiger partial charge in [0.15, 0.2) is 0 Å². The van der Waals surface area contributed by atoms with Gasteiger partial charge in [-0.25, -0.2) is 4.39 Å². The normalized spacial score (nSPS) is 12.4. The second-order valence-electron chi connectivity index (χ2n) is 4.72. The molecule has 1 heterocycles. The number of hydrogen-bond donors (Lipinski definition) is 1. The van der Waals surface area contributed by atoms with Gasteiger partial charge in [0, 0.05) is 24.4 Å². The van der Waals surface area contributed by atoms with E-state index in [1.54, 1.807) is 17.9 Å². The Bertz CT molecular complexity index is 595. The van der Waals surface area contributed by atoms with Crippen molar-refractivity contribution < 1.29 is 9.13 Å². The average molecular weight is 277 g/mol. The van der Waals surface area contributed by atoms with Crippen molar-refractivity contribution in [3.05, 3.63) is 47.0 Å². The Hall–Kier alpha value is -1.88. The predicted molar refractivity (Wildman–Crippen MR) is 76.4 cm³/mol. The summed E-state index contributed by atoms with van der Waals surface area (Å²) in [4.78, 5) is 0. The van der Waals surface area contributed by atoms with Crippen LogP contribution in [0.4, 0.5) is 4.39 Å². The van der Waals surface area contributed by atoms with E-state index >= 15 is 0 Å². The van der Waals surface area contributed by atoms with Crippen LogP contribution in [0.1, 0.15) is 29.8 Å². The van der Waals surface area contributed by atoms with Crippen LogP contribution < -0.4 is 10.1 Å². The molecule has 0 radical (unpaired) electrons. The lowest BCUT2D eigenvalue weighted by Gasteiger charge is -2.20. The van der Waals surface area contributed by atoms with E-state index < -0.39 is 0 Å². The molecule has 2 rings (SSSR count). The number of benzene rings is 1. The molecule has 0 aliphatic heterocycles. The second-order valence-corrected chi connectivity index (χ2v) is 4.72. The zero-order valence-electron chi connectivity index (χ0n) is 12.3. The number of aryl methyl sites for hydroxylation is 2. The summed E-state index contributed by atoms with van der Waals surface area (Å²) in [6.07, 6.45) is 1.95. The summed E-state index contributed by atoms with van der Waals surface area (Å²) in [5.41, 5.74) is 2.73. The average Bonchev–Trinajstić information content (AvgIpc) is 2.75. The van der Waals surface area contributed by atoms with Crippen LogP contribution in [0.25, 0.3) is 0 Å². The van der Waals surface area contributed by atoms with Gasteiger partial charge in [-0.2, -0.15) is 5.10 Å². The number of nitrogens with zero attached hydrogens (tertiary/aromatic N) is 2. The molecule has 2 aromatic rings. The molecule has 1 atom stereocenters. The number of nitrogens with one attached hydrogen (secondary N) is 1. The van der Waals surface area contributed by atoms with Gasteiger partial charge in [0.05, 0.1) is 18.8 Å². The highest BCUT2D eigenvalue weighted by Crippen LogP contribution is 2.31. The number of halogens is 1. The maximum Gasteiger partial charge on any atom is 0.124 e. The summed E-state index contributed by atoms with van der Waals surface area (Å²) >= 11 is 0. The van der Waals surface area contributed by atoms with E-state index in [1.807, 2.05) is 27.1 Å². The Labute approximate surface area is 118 Å². The van der Waals surface area contributed by atoms with Crippen LogP contribution in [0.3, 0.4) is 0 Å². The van der Waals surface area contributed by atoms with Crippen LogP contribution in [-0.2, 0) is 7.05 Å². The van der Waals surface area contributed by atoms with Gasteiger partial charge in [0.2, 0.25) is 0 Å². The molecule has 1 aromatic heterocycles. The van der Waals surface area contributed by atoms with Crippen LogP contribution in [0.5, 0.6) is 5.75 Å². The smallest absolute Gasteiger partial charge is 0.124 e. The highest BCUT2D eigenvalue weighted by atomic mass is 19.1. The molecular weight excluding hydrogens is 257 g/mol. The SMILES string of the molecule is CCNC(c1cc(F)ccc1OC)c1cn(C)nc1C. The Morgan fingerprint density at radius 3 is 2.70 bits per heavy atom. The van der Waals surface area contributed by atoms with E-state index in [9.17, 15) is 4.39 Å². The van der Waals surface area contributed by atoms with Crippen molar-refractivity contribution in [2.45, 2.75) is 19.9 Å². The highest BCUT2D eigenvalue weighted by Gasteiger charge is 2.21. The van der Waals surface area contributed by atoms with Crippen LogP contribution in [-0.4, -0.2) is 23.4 Å². The number of rotatable bonds is 5. The Kier molecular flexibility index (Phi) is 4.39. The van der Waals surface area contributed by atoms with Crippen LogP contribution in [0.2, 0.25) is 0 Å².